The third kappa shape index (κ3) is 8.40. The smallest absolute Gasteiger partial charge is 0.342 e. The number of carboxylic acids is 1. The fourth-order valence-electron chi connectivity index (χ4n) is 8.53. The average Bonchev–Trinajstić information content (AvgIpc) is 3.54. The minimum absolute atomic E-state index is 0.290. The maximum atomic E-state index is 14.8. The van der Waals surface area contributed by atoms with Gasteiger partial charge in [0.1, 0.15) is 29.6 Å². The molecule has 9 rings (SSSR count). The van der Waals surface area contributed by atoms with Crippen LogP contribution in [-0.4, -0.2) is 165 Å². The molecular weight excluding hydrogens is 1070 g/mol. The van der Waals surface area contributed by atoms with E-state index in [-0.39, 0.29) is 6.07 Å². The first-order valence-corrected chi connectivity index (χ1v) is 21.7. The van der Waals surface area contributed by atoms with Crippen molar-refractivity contribution in [1.29, 1.82) is 0 Å². The molecule has 0 radical (unpaired) electrons. The van der Waals surface area contributed by atoms with Crippen LogP contribution in [0.3, 0.4) is 0 Å². The van der Waals surface area contributed by atoms with E-state index >= 15 is 0 Å². The quantitative estimate of drug-likeness (QED) is 0.0670. The van der Waals surface area contributed by atoms with Crippen LogP contribution in [0.2, 0.25) is 0 Å². The van der Waals surface area contributed by atoms with Crippen LogP contribution in [0.4, 0.5) is 0 Å². The molecule has 410 valence electrons. The highest BCUT2D eigenvalue weighted by Gasteiger charge is 2.56. The summed E-state index contributed by atoms with van der Waals surface area (Å²) in [7, 11) is 0. The van der Waals surface area contributed by atoms with Gasteiger partial charge in [-0.1, -0.05) is 0 Å². The molecule has 3 heterocycles. The topological polar surface area (TPSA) is 531 Å². The van der Waals surface area contributed by atoms with Crippen LogP contribution in [0.5, 0.6) is 109 Å². The Morgan fingerprint density at radius 2 is 0.848 bits per heavy atom. The van der Waals surface area contributed by atoms with Gasteiger partial charge in [0.25, 0.3) is 0 Å². The van der Waals surface area contributed by atoms with Crippen LogP contribution >= 0.6 is 0 Å². The molecule has 0 aromatic heterocycles. The predicted molar refractivity (Wildman–Crippen MR) is 244 cm³/mol. The first kappa shape index (κ1) is 52.4. The number of phenolic OH excluding ortho intramolecular Hbond substituents is 17. The van der Waals surface area contributed by atoms with Gasteiger partial charge in [0, 0.05) is 28.8 Å². The molecule has 0 spiro atoms. The number of phenols is 17. The number of carbonyl (C=O) groups is 6. The summed E-state index contributed by atoms with van der Waals surface area (Å²) in [6.45, 7) is -1.47. The minimum Gasteiger partial charge on any atom is -0.504 e. The molecule has 79 heavy (non-hydrogen) atoms. The highest BCUT2D eigenvalue weighted by Crippen LogP contribution is 2.57. The third-order valence-corrected chi connectivity index (χ3v) is 12.2. The summed E-state index contributed by atoms with van der Waals surface area (Å²) in [5.41, 5.74) is -11.9. The number of rotatable bonds is 5. The zero-order chi connectivity index (χ0) is 57.7. The molecule has 3 aliphatic rings. The Labute approximate surface area is 433 Å². The standard InChI is InChI=1S/C48H32O31/c49-14-1-9(2-15(50)28(14)56)43(68)79-48-41-40(77-45(70)10-3-16(51)30(58)34(62)23(10)24-11(46(71)78-41)4-17(52)31(59)35(24)63)39-22(75-48)8-73-47(72)26-21(74-38-13(42(66)67)6-19(54)33(61)37(38)65)7-20(55)29(57)27(26)25-12(44(69)76-39)5-18(53)32(60)36(25)64/h1-7,22,39-41,48-65H,8H2,(H,66,67)/t22-,39-,40+,41-,48+/m1/s1. The van der Waals surface area contributed by atoms with Crippen molar-refractivity contribution in [3.63, 3.8) is 0 Å². The summed E-state index contributed by atoms with van der Waals surface area (Å²) in [5.74, 6) is -37.6. The second-order valence-corrected chi connectivity index (χ2v) is 16.9. The van der Waals surface area contributed by atoms with Gasteiger partial charge in [-0.05, 0) is 30.3 Å². The van der Waals surface area contributed by atoms with Crippen LogP contribution in [0.15, 0.2) is 42.5 Å². The second kappa shape index (κ2) is 18.7. The summed E-state index contributed by atoms with van der Waals surface area (Å²) >= 11 is 0. The van der Waals surface area contributed by atoms with Crippen LogP contribution in [-0.2, 0) is 28.4 Å². The molecule has 6 aromatic carbocycles. The fourth-order valence-corrected chi connectivity index (χ4v) is 8.53. The lowest BCUT2D eigenvalue weighted by Crippen LogP contribution is -2.63. The molecule has 1 fully saturated rings. The van der Waals surface area contributed by atoms with E-state index in [1.807, 2.05) is 0 Å². The molecule has 0 bridgehead atoms. The van der Waals surface area contributed by atoms with E-state index in [1.54, 1.807) is 0 Å². The van der Waals surface area contributed by atoms with Gasteiger partial charge in [-0.15, -0.1) is 0 Å². The number of aromatic hydroxyl groups is 17. The molecule has 31 nitrogen and oxygen atoms in total. The van der Waals surface area contributed by atoms with Gasteiger partial charge >= 0.3 is 35.8 Å². The number of cyclic esters (lactones) is 1. The van der Waals surface area contributed by atoms with Crippen molar-refractivity contribution in [1.82, 2.24) is 0 Å². The van der Waals surface area contributed by atoms with Gasteiger partial charge in [0.15, 0.2) is 87.0 Å². The van der Waals surface area contributed by atoms with E-state index < -0.39 is 238 Å². The summed E-state index contributed by atoms with van der Waals surface area (Å²) in [5, 5.41) is 192. The Balaban J connectivity index is 1.28. The van der Waals surface area contributed by atoms with Gasteiger partial charge in [-0.2, -0.15) is 0 Å². The number of ether oxygens (including phenoxy) is 7. The van der Waals surface area contributed by atoms with Crippen molar-refractivity contribution in [3.8, 4) is 131 Å². The van der Waals surface area contributed by atoms with Gasteiger partial charge in [-0.3, -0.25) is 0 Å². The first-order valence-electron chi connectivity index (χ1n) is 21.7. The molecule has 5 atom stereocenters. The van der Waals surface area contributed by atoms with Gasteiger partial charge in [-0.25, -0.2) is 28.8 Å². The molecule has 31 heteroatoms. The van der Waals surface area contributed by atoms with Crippen LogP contribution in [0.25, 0.3) is 22.3 Å². The number of hydrogen-bond acceptors (Lipinski definition) is 30. The summed E-state index contributed by atoms with van der Waals surface area (Å²) in [4.78, 5) is 84.9. The number of aromatic carboxylic acids is 1. The van der Waals surface area contributed by atoms with E-state index in [0.717, 1.165) is 0 Å². The second-order valence-electron chi connectivity index (χ2n) is 16.9. The average molecular weight is 1100 g/mol. The van der Waals surface area contributed by atoms with Crippen molar-refractivity contribution < 1.29 is 154 Å². The van der Waals surface area contributed by atoms with E-state index in [1.165, 1.54) is 0 Å². The molecule has 3 aliphatic heterocycles. The van der Waals surface area contributed by atoms with E-state index in [2.05, 4.69) is 0 Å². The Bertz CT molecular complexity index is 3710. The van der Waals surface area contributed by atoms with Gasteiger partial charge < -0.3 is 125 Å². The maximum absolute atomic E-state index is 14.8. The van der Waals surface area contributed by atoms with Crippen LogP contribution in [0.1, 0.15) is 62.1 Å². The number of fused-ring (bicyclic) bond motifs is 9. The molecule has 0 amide bonds. The molecule has 6 aromatic rings. The van der Waals surface area contributed by atoms with Gasteiger partial charge in [0.2, 0.25) is 41.1 Å². The van der Waals surface area contributed by atoms with E-state index in [4.69, 9.17) is 33.2 Å². The van der Waals surface area contributed by atoms with Crippen LogP contribution < -0.4 is 4.74 Å². The predicted octanol–water partition coefficient (Wildman–Crippen LogP) is 2.55. The van der Waals surface area contributed by atoms with Crippen molar-refractivity contribution in [2.75, 3.05) is 6.61 Å². The largest absolute Gasteiger partial charge is 0.504 e. The molecule has 1 saturated heterocycles. The number of carboxylic acid groups (broad SMARTS) is 1. The molecule has 18 N–H and O–H groups in total. The number of hydrogen-bond donors (Lipinski definition) is 18. The van der Waals surface area contributed by atoms with Crippen molar-refractivity contribution in [2.45, 2.75) is 30.7 Å². The Hall–Kier alpha value is -11.5. The normalized spacial score (nSPS) is 18.7. The Kier molecular flexibility index (Phi) is 12.4. The highest BCUT2D eigenvalue weighted by molar-refractivity contribution is 6.11. The lowest BCUT2D eigenvalue weighted by Gasteiger charge is -2.44. The van der Waals surface area contributed by atoms with Gasteiger partial charge in [0.05, 0.1) is 27.8 Å². The summed E-state index contributed by atoms with van der Waals surface area (Å²) < 4.78 is 39.5. The Morgan fingerprint density at radius 1 is 0.430 bits per heavy atom. The summed E-state index contributed by atoms with van der Waals surface area (Å²) in [6, 6.07) is 2.71. The highest BCUT2D eigenvalue weighted by atomic mass is 16.7. The number of carbonyl (C=O) groups excluding carboxylic acids is 5. The van der Waals surface area contributed by atoms with Crippen LogP contribution in [0, 0.1) is 0 Å². The summed E-state index contributed by atoms with van der Waals surface area (Å²) in [6.07, 6.45) is -12.9. The molecule has 0 saturated carbocycles. The van der Waals surface area contributed by atoms with Crippen molar-refractivity contribution in [3.05, 3.63) is 75.8 Å². The lowest BCUT2D eigenvalue weighted by atomic mass is 9.91. The third-order valence-electron chi connectivity index (χ3n) is 12.2. The maximum Gasteiger partial charge on any atom is 0.342 e. The van der Waals surface area contributed by atoms with Crippen molar-refractivity contribution >= 4 is 35.8 Å². The number of benzene rings is 6. The fraction of sp³-hybridized carbons (Fsp3) is 0.125. The zero-order valence-corrected chi connectivity index (χ0v) is 38.5. The lowest BCUT2D eigenvalue weighted by molar-refractivity contribution is -0.282. The van der Waals surface area contributed by atoms with Crippen molar-refractivity contribution in [2.24, 2.45) is 0 Å². The first-order chi connectivity index (χ1) is 37.1. The minimum atomic E-state index is -2.68. The molecule has 0 aliphatic carbocycles. The Morgan fingerprint density at radius 3 is 1.34 bits per heavy atom. The molecular formula is C48H32O31. The molecule has 0 unspecified atom stereocenters. The number of esters is 5. The van der Waals surface area contributed by atoms with E-state index in [0.29, 0.717) is 36.4 Å². The monoisotopic (exact) mass is 1100 g/mol. The SMILES string of the molecule is O=C(O[C@@H]1O[C@@H]2COC(=O)c3c(Oc4c(C(=O)O)cc(O)c(O)c4O)cc(O)c(O)c3-c3c(cc(O)c(O)c3O)C(=O)O[C@H]2[C@@H]2OC(=O)c3cc(O)c(O)c(O)c3-c3c(cc(O)c(O)c3O)C(=O)O[C@@H]12)c1cc(O)c(O)c(O)c1. The zero-order valence-electron chi connectivity index (χ0n) is 38.5. The van der Waals surface area contributed by atoms with E-state index in [9.17, 15) is 121 Å².